The van der Waals surface area contributed by atoms with Crippen molar-refractivity contribution in [2.24, 2.45) is 0 Å². The third-order valence-corrected chi connectivity index (χ3v) is 6.24. The summed E-state index contributed by atoms with van der Waals surface area (Å²) in [7, 11) is 0. The molecule has 0 unspecified atom stereocenters. The van der Waals surface area contributed by atoms with E-state index in [9.17, 15) is 4.79 Å². The van der Waals surface area contributed by atoms with Crippen molar-refractivity contribution < 1.29 is 4.79 Å². The highest BCUT2D eigenvalue weighted by atomic mass is 35.5. The molecular formula is C18H14Cl2N2OS2. The molecule has 0 saturated heterocycles. The number of thioether (sulfide) groups is 1. The fourth-order valence-electron chi connectivity index (χ4n) is 2.24. The van der Waals surface area contributed by atoms with Crippen LogP contribution in [0.1, 0.15) is 12.6 Å². The smallest absolute Gasteiger partial charge is 0.230 e. The highest BCUT2D eigenvalue weighted by molar-refractivity contribution is 7.98. The minimum atomic E-state index is -0.0751. The van der Waals surface area contributed by atoms with E-state index in [0.717, 1.165) is 16.3 Å². The summed E-state index contributed by atoms with van der Waals surface area (Å²) in [6, 6.07) is 14.9. The summed E-state index contributed by atoms with van der Waals surface area (Å²) < 4.78 is 0. The highest BCUT2D eigenvalue weighted by Crippen LogP contribution is 2.37. The molecular weight excluding hydrogens is 395 g/mol. The molecule has 0 fully saturated rings. The predicted molar refractivity (Wildman–Crippen MR) is 107 cm³/mol. The monoisotopic (exact) mass is 408 g/mol. The molecule has 1 aromatic heterocycles. The summed E-state index contributed by atoms with van der Waals surface area (Å²) in [5.41, 5.74) is 1.68. The molecule has 0 N–H and O–H groups in total. The molecule has 1 heterocycles. The summed E-state index contributed by atoms with van der Waals surface area (Å²) in [6.45, 7) is 1.53. The number of para-hydroxylation sites is 1. The van der Waals surface area contributed by atoms with Crippen molar-refractivity contribution in [1.29, 1.82) is 0 Å². The summed E-state index contributed by atoms with van der Waals surface area (Å²) >= 11 is 15.4. The van der Waals surface area contributed by atoms with Crippen LogP contribution in [0.25, 0.3) is 0 Å². The van der Waals surface area contributed by atoms with Gasteiger partial charge in [0.05, 0.1) is 21.4 Å². The summed E-state index contributed by atoms with van der Waals surface area (Å²) in [4.78, 5) is 19.1. The van der Waals surface area contributed by atoms with Gasteiger partial charge in [0.1, 0.15) is 0 Å². The Morgan fingerprint density at radius 1 is 1.12 bits per heavy atom. The third kappa shape index (κ3) is 4.36. The number of hydrogen-bond acceptors (Lipinski definition) is 4. The van der Waals surface area contributed by atoms with Crippen molar-refractivity contribution in [3.8, 4) is 0 Å². The van der Waals surface area contributed by atoms with E-state index in [4.69, 9.17) is 23.2 Å². The number of carbonyl (C=O) groups excluding carboxylic acids is 1. The number of anilines is 2. The molecule has 0 aliphatic carbocycles. The van der Waals surface area contributed by atoms with Crippen LogP contribution in [0, 0.1) is 0 Å². The Bertz CT molecular complexity index is 864. The topological polar surface area (TPSA) is 33.2 Å². The van der Waals surface area contributed by atoms with Crippen LogP contribution in [0.3, 0.4) is 0 Å². The summed E-state index contributed by atoms with van der Waals surface area (Å²) in [5, 5.41) is 3.86. The lowest BCUT2D eigenvalue weighted by Gasteiger charge is -2.17. The molecule has 128 valence electrons. The predicted octanol–water partition coefficient (Wildman–Crippen LogP) is 6.43. The fourth-order valence-corrected chi connectivity index (χ4v) is 4.80. The van der Waals surface area contributed by atoms with Crippen LogP contribution in [0.15, 0.2) is 58.8 Å². The Kier molecular flexibility index (Phi) is 6.02. The van der Waals surface area contributed by atoms with Crippen molar-refractivity contribution in [3.05, 3.63) is 69.7 Å². The maximum absolute atomic E-state index is 12.1. The second-order valence-corrected chi connectivity index (χ2v) is 7.79. The van der Waals surface area contributed by atoms with Gasteiger partial charge < -0.3 is 0 Å². The molecule has 2 aromatic carbocycles. The number of amides is 1. The molecule has 25 heavy (non-hydrogen) atoms. The van der Waals surface area contributed by atoms with E-state index in [1.807, 2.05) is 53.9 Å². The van der Waals surface area contributed by atoms with Crippen LogP contribution in [-0.4, -0.2) is 10.9 Å². The molecule has 0 atom stereocenters. The van der Waals surface area contributed by atoms with Gasteiger partial charge in [-0.25, -0.2) is 4.98 Å². The van der Waals surface area contributed by atoms with Crippen molar-refractivity contribution in [2.45, 2.75) is 17.6 Å². The van der Waals surface area contributed by atoms with E-state index in [2.05, 4.69) is 4.98 Å². The maximum Gasteiger partial charge on any atom is 0.230 e. The number of nitrogens with zero attached hydrogens (tertiary/aromatic N) is 2. The average molecular weight is 409 g/mol. The fraction of sp³-hybridized carbons (Fsp3) is 0.111. The molecule has 0 saturated carbocycles. The van der Waals surface area contributed by atoms with Crippen LogP contribution in [0.4, 0.5) is 10.8 Å². The van der Waals surface area contributed by atoms with Gasteiger partial charge in [-0.05, 0) is 24.3 Å². The first-order valence-corrected chi connectivity index (χ1v) is 10.1. The molecule has 0 radical (unpaired) electrons. The zero-order valence-corrected chi connectivity index (χ0v) is 16.4. The molecule has 7 heteroatoms. The first-order valence-electron chi connectivity index (χ1n) is 7.43. The molecule has 3 rings (SSSR count). The number of aromatic nitrogens is 1. The van der Waals surface area contributed by atoms with Gasteiger partial charge in [-0.2, -0.15) is 0 Å². The van der Waals surface area contributed by atoms with Crippen molar-refractivity contribution >= 4 is 63.0 Å². The lowest BCUT2D eigenvalue weighted by Crippen LogP contribution is -2.22. The molecule has 1 amide bonds. The number of rotatable bonds is 5. The second kappa shape index (κ2) is 8.23. The highest BCUT2D eigenvalue weighted by Gasteiger charge is 2.18. The normalized spacial score (nSPS) is 10.7. The lowest BCUT2D eigenvalue weighted by atomic mass is 10.3. The summed E-state index contributed by atoms with van der Waals surface area (Å²) in [6.07, 6.45) is 0. The van der Waals surface area contributed by atoms with Gasteiger partial charge in [-0.1, -0.05) is 47.5 Å². The van der Waals surface area contributed by atoms with E-state index in [0.29, 0.717) is 20.9 Å². The molecule has 0 aliphatic rings. The zero-order chi connectivity index (χ0) is 17.8. The van der Waals surface area contributed by atoms with Crippen LogP contribution in [-0.2, 0) is 10.5 Å². The second-order valence-electron chi connectivity index (χ2n) is 5.15. The minimum absolute atomic E-state index is 0.0751. The van der Waals surface area contributed by atoms with Crippen LogP contribution in [0.5, 0.6) is 0 Å². The van der Waals surface area contributed by atoms with E-state index < -0.39 is 0 Å². The Morgan fingerprint density at radius 2 is 1.80 bits per heavy atom. The van der Waals surface area contributed by atoms with E-state index in [1.54, 1.807) is 4.90 Å². The first kappa shape index (κ1) is 18.3. The number of thiazole rings is 1. The van der Waals surface area contributed by atoms with Gasteiger partial charge in [0.15, 0.2) is 5.13 Å². The minimum Gasteiger partial charge on any atom is -0.274 e. The third-order valence-electron chi connectivity index (χ3n) is 3.34. The van der Waals surface area contributed by atoms with Crippen molar-refractivity contribution in [1.82, 2.24) is 4.98 Å². The van der Waals surface area contributed by atoms with Gasteiger partial charge in [-0.3, -0.25) is 9.69 Å². The van der Waals surface area contributed by atoms with E-state index in [-0.39, 0.29) is 5.91 Å². The van der Waals surface area contributed by atoms with Gasteiger partial charge in [-0.15, -0.1) is 23.1 Å². The molecule has 0 bridgehead atoms. The average Bonchev–Trinajstić information content (AvgIpc) is 3.03. The van der Waals surface area contributed by atoms with E-state index >= 15 is 0 Å². The SMILES string of the molecule is CC(=O)N(c1ccccc1)c1nc(CSc2c(Cl)cccc2Cl)cs1. The Hall–Kier alpha value is -1.53. The molecule has 3 aromatic rings. The van der Waals surface area contributed by atoms with Crippen LogP contribution >= 0.6 is 46.3 Å². The number of halogens is 2. The van der Waals surface area contributed by atoms with Gasteiger partial charge in [0.2, 0.25) is 5.91 Å². The maximum atomic E-state index is 12.1. The summed E-state index contributed by atoms with van der Waals surface area (Å²) in [5.74, 6) is 0.550. The van der Waals surface area contributed by atoms with Crippen molar-refractivity contribution in [3.63, 3.8) is 0 Å². The van der Waals surface area contributed by atoms with Crippen molar-refractivity contribution in [2.75, 3.05) is 4.90 Å². The van der Waals surface area contributed by atoms with Gasteiger partial charge >= 0.3 is 0 Å². The Morgan fingerprint density at radius 3 is 2.44 bits per heavy atom. The number of hydrogen-bond donors (Lipinski definition) is 0. The standard InChI is InChI=1S/C18H14Cl2N2OS2/c1-12(23)22(14-6-3-2-4-7-14)18-21-13(11-25-18)10-24-17-15(19)8-5-9-16(17)20/h2-9,11H,10H2,1H3. The van der Waals surface area contributed by atoms with Gasteiger partial charge in [0.25, 0.3) is 0 Å². The Balaban J connectivity index is 1.78. The number of carbonyl (C=O) groups is 1. The van der Waals surface area contributed by atoms with Gasteiger partial charge in [0, 0.05) is 23.0 Å². The van der Waals surface area contributed by atoms with E-state index in [1.165, 1.54) is 30.0 Å². The molecule has 3 nitrogen and oxygen atoms in total. The quantitative estimate of drug-likeness (QED) is 0.456. The molecule has 0 aliphatic heterocycles. The van der Waals surface area contributed by atoms with Crippen LogP contribution < -0.4 is 4.90 Å². The lowest BCUT2D eigenvalue weighted by molar-refractivity contribution is -0.115. The first-order chi connectivity index (χ1) is 12.1. The Labute approximate surface area is 164 Å². The molecule has 0 spiro atoms. The number of benzene rings is 2. The van der Waals surface area contributed by atoms with Crippen LogP contribution in [0.2, 0.25) is 10.0 Å². The largest absolute Gasteiger partial charge is 0.274 e. The zero-order valence-electron chi connectivity index (χ0n) is 13.3.